The highest BCUT2D eigenvalue weighted by Gasteiger charge is 2.52. The summed E-state index contributed by atoms with van der Waals surface area (Å²) < 4.78 is 56.8. The van der Waals surface area contributed by atoms with Crippen molar-refractivity contribution in [2.45, 2.75) is 25.7 Å². The van der Waals surface area contributed by atoms with Crippen LogP contribution >= 0.6 is 27.3 Å². The minimum atomic E-state index is -4.99. The fourth-order valence-electron chi connectivity index (χ4n) is 1.97. The summed E-state index contributed by atoms with van der Waals surface area (Å²) in [4.78, 5) is 6.07. The molecule has 2 rings (SSSR count). The monoisotopic (exact) mass is 449 g/mol. The summed E-state index contributed by atoms with van der Waals surface area (Å²) in [7, 11) is 0. The molecule has 8 heteroatoms. The number of pyridine rings is 1. The van der Waals surface area contributed by atoms with Crippen LogP contribution in [-0.4, -0.2) is 23.4 Å². The third-order valence-electron chi connectivity index (χ3n) is 3.51. The normalized spacial score (nSPS) is 14.4. The second-order valence-corrected chi connectivity index (χ2v) is 7.44. The lowest BCUT2D eigenvalue weighted by Gasteiger charge is -2.23. The lowest BCUT2D eigenvalue weighted by atomic mass is 10.1. The topological polar surface area (TPSA) is 22.1 Å². The van der Waals surface area contributed by atoms with Gasteiger partial charge in [0.1, 0.15) is 12.4 Å². The van der Waals surface area contributed by atoms with E-state index in [-0.39, 0.29) is 5.75 Å². The van der Waals surface area contributed by atoms with Gasteiger partial charge in [-0.2, -0.15) is 13.2 Å². The van der Waals surface area contributed by atoms with Gasteiger partial charge in [0.15, 0.2) is 0 Å². The molecule has 2 aromatic rings. The summed E-state index contributed by atoms with van der Waals surface area (Å²) >= 11 is 5.02. The van der Waals surface area contributed by atoms with Crippen LogP contribution in [0.5, 0.6) is 5.75 Å². The van der Waals surface area contributed by atoms with Crippen molar-refractivity contribution in [3.63, 3.8) is 0 Å². The van der Waals surface area contributed by atoms with E-state index in [0.29, 0.717) is 12.6 Å². The van der Waals surface area contributed by atoms with Crippen molar-refractivity contribution in [1.82, 2.24) is 4.98 Å². The van der Waals surface area contributed by atoms with Crippen LogP contribution in [0.3, 0.4) is 0 Å². The van der Waals surface area contributed by atoms with Gasteiger partial charge in [0.25, 0.3) is 0 Å². The summed E-state index contributed by atoms with van der Waals surface area (Å²) in [6.07, 6.45) is 1.88. The Hall–Kier alpha value is -1.67. The standard InChI is InChI=1S/C18H16BrF4NOS/c1-4-6-14-12(5-2)15(19)16(26-14)13-8-7-11(9-24-13)25-10-17(3,20)18(21,22)23/h4-9H,2,10H2,1,3H3/b6-4-. The van der Waals surface area contributed by atoms with E-state index in [0.717, 1.165) is 19.8 Å². The van der Waals surface area contributed by atoms with Crippen LogP contribution in [0.4, 0.5) is 17.6 Å². The van der Waals surface area contributed by atoms with Crippen molar-refractivity contribution < 1.29 is 22.3 Å². The number of halogens is 5. The van der Waals surface area contributed by atoms with E-state index >= 15 is 0 Å². The largest absolute Gasteiger partial charge is 0.488 e. The van der Waals surface area contributed by atoms with Crippen LogP contribution < -0.4 is 4.74 Å². The predicted molar refractivity (Wildman–Crippen MR) is 101 cm³/mol. The van der Waals surface area contributed by atoms with Crippen molar-refractivity contribution in [3.8, 4) is 16.3 Å². The van der Waals surface area contributed by atoms with Gasteiger partial charge in [-0.25, -0.2) is 4.39 Å². The number of ether oxygens (including phenoxy) is 1. The molecule has 0 bridgehead atoms. The van der Waals surface area contributed by atoms with Crippen LogP contribution in [-0.2, 0) is 0 Å². The molecule has 0 saturated carbocycles. The van der Waals surface area contributed by atoms with Crippen molar-refractivity contribution in [2.75, 3.05) is 6.61 Å². The lowest BCUT2D eigenvalue weighted by Crippen LogP contribution is -2.43. The van der Waals surface area contributed by atoms with Gasteiger partial charge in [0.2, 0.25) is 5.67 Å². The lowest BCUT2D eigenvalue weighted by molar-refractivity contribution is -0.231. The van der Waals surface area contributed by atoms with E-state index in [9.17, 15) is 17.6 Å². The maximum absolute atomic E-state index is 13.5. The second-order valence-electron chi connectivity index (χ2n) is 5.59. The molecule has 0 N–H and O–H groups in total. The van der Waals surface area contributed by atoms with Gasteiger partial charge in [-0.15, -0.1) is 11.3 Å². The molecule has 140 valence electrons. The van der Waals surface area contributed by atoms with Crippen LogP contribution in [0, 0.1) is 0 Å². The Morgan fingerprint density at radius 1 is 1.31 bits per heavy atom. The van der Waals surface area contributed by atoms with Gasteiger partial charge in [-0.1, -0.05) is 18.7 Å². The molecule has 2 aromatic heterocycles. The Kier molecular flexibility index (Phi) is 6.29. The molecule has 2 heterocycles. The highest BCUT2D eigenvalue weighted by molar-refractivity contribution is 9.10. The minimum absolute atomic E-state index is 0.0622. The van der Waals surface area contributed by atoms with Gasteiger partial charge in [-0.3, -0.25) is 4.98 Å². The van der Waals surface area contributed by atoms with E-state index in [1.165, 1.54) is 23.6 Å². The molecule has 0 spiro atoms. The number of thiophene rings is 1. The van der Waals surface area contributed by atoms with Crippen LogP contribution in [0.25, 0.3) is 22.7 Å². The molecule has 0 aromatic carbocycles. The first-order valence-electron chi connectivity index (χ1n) is 7.53. The molecule has 1 atom stereocenters. The quantitative estimate of drug-likeness (QED) is 0.446. The van der Waals surface area contributed by atoms with Crippen molar-refractivity contribution in [2.24, 2.45) is 0 Å². The van der Waals surface area contributed by atoms with Gasteiger partial charge in [-0.05, 0) is 48.0 Å². The predicted octanol–water partition coefficient (Wildman–Crippen LogP) is 6.92. The zero-order valence-corrected chi connectivity index (χ0v) is 16.4. The number of hydrogen-bond acceptors (Lipinski definition) is 3. The zero-order valence-electron chi connectivity index (χ0n) is 14.0. The number of allylic oxidation sites excluding steroid dienone is 1. The Morgan fingerprint density at radius 2 is 2.00 bits per heavy atom. The van der Waals surface area contributed by atoms with E-state index in [1.807, 2.05) is 19.1 Å². The second kappa shape index (κ2) is 7.92. The highest BCUT2D eigenvalue weighted by Crippen LogP contribution is 2.41. The fourth-order valence-corrected chi connectivity index (χ4v) is 4.07. The maximum Gasteiger partial charge on any atom is 0.425 e. The minimum Gasteiger partial charge on any atom is -0.488 e. The number of aromatic nitrogens is 1. The molecule has 0 aliphatic carbocycles. The van der Waals surface area contributed by atoms with Gasteiger partial charge in [0.05, 0.1) is 16.8 Å². The molecule has 0 fully saturated rings. The summed E-state index contributed by atoms with van der Waals surface area (Å²) in [5, 5.41) is 0. The highest BCUT2D eigenvalue weighted by atomic mass is 79.9. The summed E-state index contributed by atoms with van der Waals surface area (Å²) in [6.45, 7) is 5.01. The van der Waals surface area contributed by atoms with Crippen molar-refractivity contribution in [3.05, 3.63) is 45.9 Å². The molecule has 0 saturated heterocycles. The Balaban J connectivity index is 2.22. The van der Waals surface area contributed by atoms with Crippen LogP contribution in [0.2, 0.25) is 0 Å². The first-order chi connectivity index (χ1) is 12.1. The number of alkyl halides is 4. The molecule has 2 nitrogen and oxygen atoms in total. The van der Waals surface area contributed by atoms with E-state index < -0.39 is 18.5 Å². The third-order valence-corrected chi connectivity index (χ3v) is 5.78. The number of rotatable bonds is 6. The zero-order chi connectivity index (χ0) is 19.5. The smallest absolute Gasteiger partial charge is 0.425 e. The molecular formula is C18H16BrF4NOS. The van der Waals surface area contributed by atoms with Gasteiger partial charge in [0, 0.05) is 14.9 Å². The van der Waals surface area contributed by atoms with E-state index in [4.69, 9.17) is 4.74 Å². The fraction of sp³-hybridized carbons (Fsp3) is 0.278. The Labute approximate surface area is 161 Å². The number of hydrogen-bond donors (Lipinski definition) is 0. The Morgan fingerprint density at radius 3 is 2.50 bits per heavy atom. The number of nitrogens with zero attached hydrogens (tertiary/aromatic N) is 1. The molecular weight excluding hydrogens is 434 g/mol. The van der Waals surface area contributed by atoms with Gasteiger partial charge >= 0.3 is 6.18 Å². The first kappa shape index (κ1) is 20.6. The average molecular weight is 450 g/mol. The SMILES string of the molecule is C=Cc1c(/C=C\C)sc(-c2ccc(OCC(C)(F)C(F)(F)F)cn2)c1Br. The first-order valence-corrected chi connectivity index (χ1v) is 9.14. The van der Waals surface area contributed by atoms with Crippen molar-refractivity contribution in [1.29, 1.82) is 0 Å². The van der Waals surface area contributed by atoms with Crippen LogP contribution in [0.1, 0.15) is 24.3 Å². The Bertz CT molecular complexity index is 810. The van der Waals surface area contributed by atoms with Crippen molar-refractivity contribution >= 4 is 39.4 Å². The summed E-state index contributed by atoms with van der Waals surface area (Å²) in [6, 6.07) is 3.07. The summed E-state index contributed by atoms with van der Waals surface area (Å²) in [5.74, 6) is 0.0622. The molecule has 0 radical (unpaired) electrons. The average Bonchev–Trinajstić information content (AvgIpc) is 2.88. The molecule has 1 unspecified atom stereocenters. The molecule has 0 aliphatic rings. The van der Waals surface area contributed by atoms with E-state index in [1.54, 1.807) is 12.1 Å². The summed E-state index contributed by atoms with van der Waals surface area (Å²) in [5.41, 5.74) is -1.88. The molecule has 0 amide bonds. The van der Waals surface area contributed by atoms with Gasteiger partial charge < -0.3 is 4.74 Å². The van der Waals surface area contributed by atoms with E-state index in [2.05, 4.69) is 27.5 Å². The maximum atomic E-state index is 13.5. The third kappa shape index (κ3) is 4.35. The molecule has 0 aliphatic heterocycles. The molecule has 26 heavy (non-hydrogen) atoms. The van der Waals surface area contributed by atoms with Crippen LogP contribution in [0.15, 0.2) is 35.5 Å².